The predicted molar refractivity (Wildman–Crippen MR) is 116 cm³/mol. The van der Waals surface area contributed by atoms with E-state index in [9.17, 15) is 5.11 Å². The van der Waals surface area contributed by atoms with Gasteiger partial charge in [-0.2, -0.15) is 0 Å². The van der Waals surface area contributed by atoms with Crippen LogP contribution in [-0.4, -0.2) is 34.1 Å². The average Bonchev–Trinajstić information content (AvgIpc) is 2.68. The van der Waals surface area contributed by atoms with Gasteiger partial charge in [0.05, 0.1) is 6.10 Å². The number of rotatable bonds is 9. The molecule has 1 aliphatic rings. The van der Waals surface area contributed by atoms with Crippen LogP contribution >= 0.6 is 0 Å². The smallest absolute Gasteiger partial charge is 0.132 e. The number of benzene rings is 2. The van der Waals surface area contributed by atoms with Crippen molar-refractivity contribution in [2.24, 2.45) is 0 Å². The van der Waals surface area contributed by atoms with Crippen LogP contribution in [0.1, 0.15) is 57.6 Å². The minimum atomic E-state index is -0.990. The Morgan fingerprint density at radius 1 is 1.10 bits per heavy atom. The number of hydrogen-bond donors (Lipinski definition) is 2. The van der Waals surface area contributed by atoms with E-state index in [2.05, 4.69) is 31.2 Å². The number of ether oxygens (including phenoxy) is 2. The van der Waals surface area contributed by atoms with E-state index >= 15 is 0 Å². The molecule has 0 fully saturated rings. The maximum Gasteiger partial charge on any atom is 0.132 e. The Bertz CT molecular complexity index is 787. The van der Waals surface area contributed by atoms with Crippen LogP contribution in [0.15, 0.2) is 48.5 Å². The van der Waals surface area contributed by atoms with Gasteiger partial charge in [-0.05, 0) is 70.1 Å². The number of fused-ring (bicyclic) bond motifs is 1. The molecule has 0 radical (unpaired) electrons. The number of aryl methyl sites for hydroxylation is 1. The highest BCUT2D eigenvalue weighted by Gasteiger charge is 2.48. The zero-order chi connectivity index (χ0) is 20.9. The molecular formula is C25H34O4. The Labute approximate surface area is 174 Å². The maximum absolute atomic E-state index is 11.1. The summed E-state index contributed by atoms with van der Waals surface area (Å²) in [4.78, 5) is 0. The summed E-state index contributed by atoms with van der Waals surface area (Å²) < 4.78 is 12.3. The molecule has 0 spiro atoms. The summed E-state index contributed by atoms with van der Waals surface area (Å²) in [5.74, 6) is 1.57. The van der Waals surface area contributed by atoms with Crippen molar-refractivity contribution in [3.63, 3.8) is 0 Å². The third-order valence-electron chi connectivity index (χ3n) is 6.01. The minimum absolute atomic E-state index is 0.0696. The third-order valence-corrected chi connectivity index (χ3v) is 6.01. The van der Waals surface area contributed by atoms with E-state index in [0.29, 0.717) is 19.3 Å². The van der Waals surface area contributed by atoms with E-state index in [1.165, 1.54) is 5.56 Å². The number of aliphatic hydroxyl groups excluding tert-OH is 1. The fraction of sp³-hybridized carbons (Fsp3) is 0.520. The molecule has 2 unspecified atom stereocenters. The Hall–Kier alpha value is -2.04. The van der Waals surface area contributed by atoms with Gasteiger partial charge in [-0.1, -0.05) is 36.4 Å². The molecule has 0 aliphatic carbocycles. The summed E-state index contributed by atoms with van der Waals surface area (Å²) in [6.45, 7) is 5.99. The van der Waals surface area contributed by atoms with Gasteiger partial charge >= 0.3 is 0 Å². The van der Waals surface area contributed by atoms with Crippen LogP contribution in [0.4, 0.5) is 0 Å². The number of hydrogen-bond acceptors (Lipinski definition) is 4. The van der Waals surface area contributed by atoms with Crippen molar-refractivity contribution < 1.29 is 19.7 Å². The summed E-state index contributed by atoms with van der Waals surface area (Å²) >= 11 is 0. The van der Waals surface area contributed by atoms with Crippen LogP contribution in [0.3, 0.4) is 0 Å². The SMILES string of the molecule is CC(CCCc1ccccc1)Oc1ccc2c(c1)OC(C)(C)C(O)(CCCO)C2. The van der Waals surface area contributed by atoms with Crippen molar-refractivity contribution in [2.45, 2.75) is 76.6 Å². The Balaban J connectivity index is 1.59. The molecule has 29 heavy (non-hydrogen) atoms. The lowest BCUT2D eigenvalue weighted by Gasteiger charge is -2.47. The van der Waals surface area contributed by atoms with Gasteiger partial charge in [0.25, 0.3) is 0 Å². The number of aliphatic hydroxyl groups is 2. The van der Waals surface area contributed by atoms with Crippen LogP contribution in [0.25, 0.3) is 0 Å². The van der Waals surface area contributed by atoms with Crippen LogP contribution in [0, 0.1) is 0 Å². The molecule has 2 atom stereocenters. The van der Waals surface area contributed by atoms with E-state index in [0.717, 1.165) is 36.3 Å². The Kier molecular flexibility index (Phi) is 6.86. The zero-order valence-electron chi connectivity index (χ0n) is 17.9. The van der Waals surface area contributed by atoms with Crippen molar-refractivity contribution >= 4 is 0 Å². The standard InChI is InChI=1S/C25H34O4/c1-19(9-7-12-20-10-5-4-6-11-20)28-22-14-13-21-18-25(27,15-8-16-26)24(2,3)29-23(21)17-22/h4-6,10-11,13-14,17,19,26-27H,7-9,12,15-16,18H2,1-3H3. The molecule has 0 bridgehead atoms. The van der Waals surface area contributed by atoms with Crippen molar-refractivity contribution in [3.8, 4) is 11.5 Å². The van der Waals surface area contributed by atoms with E-state index < -0.39 is 11.2 Å². The highest BCUT2D eigenvalue weighted by molar-refractivity contribution is 5.44. The molecule has 2 N–H and O–H groups in total. The summed E-state index contributed by atoms with van der Waals surface area (Å²) in [5.41, 5.74) is 0.622. The molecule has 4 nitrogen and oxygen atoms in total. The average molecular weight is 399 g/mol. The first-order chi connectivity index (χ1) is 13.8. The lowest BCUT2D eigenvalue weighted by atomic mass is 9.75. The van der Waals surface area contributed by atoms with Crippen LogP contribution in [-0.2, 0) is 12.8 Å². The van der Waals surface area contributed by atoms with Gasteiger partial charge in [-0.15, -0.1) is 0 Å². The van der Waals surface area contributed by atoms with Gasteiger partial charge in [0, 0.05) is 19.1 Å². The Morgan fingerprint density at radius 3 is 2.59 bits per heavy atom. The van der Waals surface area contributed by atoms with Gasteiger partial charge in [0.1, 0.15) is 22.7 Å². The maximum atomic E-state index is 11.1. The minimum Gasteiger partial charge on any atom is -0.491 e. The molecule has 0 saturated heterocycles. The van der Waals surface area contributed by atoms with E-state index in [-0.39, 0.29) is 12.7 Å². The van der Waals surface area contributed by atoms with Gasteiger partial charge in [0.2, 0.25) is 0 Å². The molecule has 158 valence electrons. The summed E-state index contributed by atoms with van der Waals surface area (Å²) in [7, 11) is 0. The molecule has 2 aromatic rings. The topological polar surface area (TPSA) is 58.9 Å². The molecule has 2 aromatic carbocycles. The monoisotopic (exact) mass is 398 g/mol. The second kappa shape index (κ2) is 9.19. The summed E-state index contributed by atoms with van der Waals surface area (Å²) in [6, 6.07) is 16.4. The van der Waals surface area contributed by atoms with Gasteiger partial charge in [-0.25, -0.2) is 0 Å². The van der Waals surface area contributed by atoms with Crippen LogP contribution in [0.5, 0.6) is 11.5 Å². The summed E-state index contributed by atoms with van der Waals surface area (Å²) in [6.07, 6.45) is 4.82. The van der Waals surface area contributed by atoms with Crippen molar-refractivity contribution in [1.29, 1.82) is 0 Å². The lowest BCUT2D eigenvalue weighted by molar-refractivity contribution is -0.133. The Morgan fingerprint density at radius 2 is 1.86 bits per heavy atom. The van der Waals surface area contributed by atoms with E-state index in [1.807, 2.05) is 38.1 Å². The first-order valence-electron chi connectivity index (χ1n) is 10.7. The highest BCUT2D eigenvalue weighted by Crippen LogP contribution is 2.43. The fourth-order valence-corrected chi connectivity index (χ4v) is 4.04. The van der Waals surface area contributed by atoms with Gasteiger partial charge in [0.15, 0.2) is 0 Å². The van der Waals surface area contributed by atoms with Crippen molar-refractivity contribution in [2.75, 3.05) is 6.61 Å². The van der Waals surface area contributed by atoms with Crippen LogP contribution < -0.4 is 9.47 Å². The third kappa shape index (κ3) is 5.31. The second-order valence-corrected chi connectivity index (χ2v) is 8.72. The molecule has 3 rings (SSSR count). The zero-order valence-corrected chi connectivity index (χ0v) is 17.9. The first-order valence-corrected chi connectivity index (χ1v) is 10.7. The van der Waals surface area contributed by atoms with Gasteiger partial charge < -0.3 is 19.7 Å². The highest BCUT2D eigenvalue weighted by atomic mass is 16.5. The fourth-order valence-electron chi connectivity index (χ4n) is 4.04. The van der Waals surface area contributed by atoms with E-state index in [1.54, 1.807) is 0 Å². The first kappa shape index (κ1) is 21.7. The molecule has 0 amide bonds. The molecule has 0 aromatic heterocycles. The van der Waals surface area contributed by atoms with Gasteiger partial charge in [-0.3, -0.25) is 0 Å². The quantitative estimate of drug-likeness (QED) is 0.643. The molecule has 1 aliphatic heterocycles. The normalized spacial score (nSPS) is 21.1. The van der Waals surface area contributed by atoms with Crippen molar-refractivity contribution in [1.82, 2.24) is 0 Å². The largest absolute Gasteiger partial charge is 0.491 e. The van der Waals surface area contributed by atoms with Crippen LogP contribution in [0.2, 0.25) is 0 Å². The molecule has 4 heteroatoms. The predicted octanol–water partition coefficient (Wildman–Crippen LogP) is 4.69. The molecule has 1 heterocycles. The molecule has 0 saturated carbocycles. The van der Waals surface area contributed by atoms with Crippen molar-refractivity contribution in [3.05, 3.63) is 59.7 Å². The lowest BCUT2D eigenvalue weighted by Crippen LogP contribution is -2.57. The van der Waals surface area contributed by atoms with E-state index in [4.69, 9.17) is 14.6 Å². The molecular weight excluding hydrogens is 364 g/mol. The second-order valence-electron chi connectivity index (χ2n) is 8.72. The summed E-state index contributed by atoms with van der Waals surface area (Å²) in [5, 5.41) is 20.3.